The summed E-state index contributed by atoms with van der Waals surface area (Å²) in [4.78, 5) is 11.3. The van der Waals surface area contributed by atoms with Crippen LogP contribution in [-0.2, 0) is 4.79 Å². The van der Waals surface area contributed by atoms with Gasteiger partial charge in [0.25, 0.3) is 0 Å². The number of unbranched alkanes of at least 4 members (excludes halogenated alkanes) is 2. The van der Waals surface area contributed by atoms with E-state index in [2.05, 4.69) is 19.1 Å². The summed E-state index contributed by atoms with van der Waals surface area (Å²) in [6.07, 6.45) is 13.1. The Morgan fingerprint density at radius 3 is 2.79 bits per heavy atom. The molecule has 0 aromatic carbocycles. The van der Waals surface area contributed by atoms with Gasteiger partial charge < -0.3 is 4.79 Å². The van der Waals surface area contributed by atoms with E-state index in [1.807, 2.05) is 0 Å². The average Bonchev–Trinajstić information content (AvgIpc) is 2.78. The summed E-state index contributed by atoms with van der Waals surface area (Å²) in [7, 11) is 0. The molecule has 1 nitrogen and oxygen atoms in total. The van der Waals surface area contributed by atoms with E-state index in [0.29, 0.717) is 11.8 Å². The van der Waals surface area contributed by atoms with Crippen LogP contribution >= 0.6 is 0 Å². The van der Waals surface area contributed by atoms with Crippen molar-refractivity contribution in [2.45, 2.75) is 45.4 Å². The molecule has 2 aliphatic rings. The zero-order chi connectivity index (χ0) is 10.0. The Balaban J connectivity index is 1.97. The first-order valence-electron chi connectivity index (χ1n) is 5.95. The summed E-state index contributed by atoms with van der Waals surface area (Å²) in [6, 6.07) is 0. The number of aldehydes is 1. The molecule has 0 heterocycles. The minimum Gasteiger partial charge on any atom is -0.303 e. The molecule has 78 valence electrons. The number of carbonyl (C=O) groups is 1. The highest BCUT2D eigenvalue weighted by molar-refractivity contribution is 5.62. The number of allylic oxidation sites excluding steroid dienone is 2. The van der Waals surface area contributed by atoms with Crippen molar-refractivity contribution < 1.29 is 4.79 Å². The van der Waals surface area contributed by atoms with Gasteiger partial charge >= 0.3 is 0 Å². The van der Waals surface area contributed by atoms with Gasteiger partial charge in [-0.2, -0.15) is 0 Å². The second-order valence-corrected chi connectivity index (χ2v) is 5.00. The maximum absolute atomic E-state index is 11.3. The van der Waals surface area contributed by atoms with Gasteiger partial charge in [-0.05, 0) is 31.1 Å². The van der Waals surface area contributed by atoms with Crippen molar-refractivity contribution in [3.05, 3.63) is 12.2 Å². The topological polar surface area (TPSA) is 17.1 Å². The standard InChI is InChI=1S/C13H20O/c1-2-3-4-7-13(10-14)9-11-5-6-12(13)8-11/h5-6,10-12H,2-4,7-9H2,1H3. The lowest BCUT2D eigenvalue weighted by molar-refractivity contribution is -0.118. The fourth-order valence-electron chi connectivity index (χ4n) is 3.18. The normalized spacial score (nSPS) is 39.2. The first-order valence-corrected chi connectivity index (χ1v) is 5.95. The highest BCUT2D eigenvalue weighted by Crippen LogP contribution is 2.53. The Morgan fingerprint density at radius 1 is 1.43 bits per heavy atom. The third-order valence-electron chi connectivity index (χ3n) is 4.03. The van der Waals surface area contributed by atoms with Gasteiger partial charge in [0.15, 0.2) is 0 Å². The predicted octanol–water partition coefficient (Wildman–Crippen LogP) is 3.35. The zero-order valence-electron chi connectivity index (χ0n) is 9.04. The van der Waals surface area contributed by atoms with Gasteiger partial charge in [-0.25, -0.2) is 0 Å². The Hall–Kier alpha value is -0.590. The molecule has 0 aromatic heterocycles. The van der Waals surface area contributed by atoms with Crippen molar-refractivity contribution in [3.8, 4) is 0 Å². The summed E-state index contributed by atoms with van der Waals surface area (Å²) in [6.45, 7) is 2.22. The monoisotopic (exact) mass is 192 g/mol. The molecule has 14 heavy (non-hydrogen) atoms. The quantitative estimate of drug-likeness (QED) is 0.371. The van der Waals surface area contributed by atoms with E-state index in [1.165, 1.54) is 32.0 Å². The van der Waals surface area contributed by atoms with E-state index in [1.54, 1.807) is 0 Å². The van der Waals surface area contributed by atoms with Gasteiger partial charge in [0.2, 0.25) is 0 Å². The highest BCUT2D eigenvalue weighted by atomic mass is 16.1. The summed E-state index contributed by atoms with van der Waals surface area (Å²) in [5, 5.41) is 0. The molecule has 2 aliphatic carbocycles. The van der Waals surface area contributed by atoms with Crippen molar-refractivity contribution in [2.75, 3.05) is 0 Å². The molecule has 3 unspecified atom stereocenters. The van der Waals surface area contributed by atoms with Gasteiger partial charge in [-0.15, -0.1) is 0 Å². The van der Waals surface area contributed by atoms with Crippen molar-refractivity contribution >= 4 is 6.29 Å². The molecule has 3 atom stereocenters. The molecule has 1 heteroatoms. The van der Waals surface area contributed by atoms with Crippen LogP contribution in [-0.4, -0.2) is 6.29 Å². The molecule has 1 saturated carbocycles. The molecule has 1 fully saturated rings. The molecule has 0 aromatic rings. The number of hydrogen-bond acceptors (Lipinski definition) is 1. The molecule has 2 rings (SSSR count). The second-order valence-electron chi connectivity index (χ2n) is 5.00. The van der Waals surface area contributed by atoms with Crippen molar-refractivity contribution in [1.29, 1.82) is 0 Å². The number of fused-ring (bicyclic) bond motifs is 2. The van der Waals surface area contributed by atoms with E-state index in [9.17, 15) is 4.79 Å². The largest absolute Gasteiger partial charge is 0.303 e. The first-order chi connectivity index (χ1) is 6.80. The van der Waals surface area contributed by atoms with Gasteiger partial charge in [-0.3, -0.25) is 0 Å². The minimum atomic E-state index is 0.0363. The lowest BCUT2D eigenvalue weighted by Gasteiger charge is -2.29. The lowest BCUT2D eigenvalue weighted by Crippen LogP contribution is -2.27. The summed E-state index contributed by atoms with van der Waals surface area (Å²) < 4.78 is 0. The van der Waals surface area contributed by atoms with Crippen LogP contribution < -0.4 is 0 Å². The Kier molecular flexibility index (Phi) is 2.76. The van der Waals surface area contributed by atoms with Gasteiger partial charge in [-0.1, -0.05) is 38.3 Å². The summed E-state index contributed by atoms with van der Waals surface area (Å²) >= 11 is 0. The zero-order valence-corrected chi connectivity index (χ0v) is 9.04. The van der Waals surface area contributed by atoms with Crippen LogP contribution in [0.15, 0.2) is 12.2 Å². The van der Waals surface area contributed by atoms with Crippen LogP contribution in [0.3, 0.4) is 0 Å². The molecular weight excluding hydrogens is 172 g/mol. The summed E-state index contributed by atoms with van der Waals surface area (Å²) in [5.74, 6) is 1.29. The summed E-state index contributed by atoms with van der Waals surface area (Å²) in [5.41, 5.74) is 0.0363. The SMILES string of the molecule is CCCCCC1(C=O)CC2C=CC1C2. The van der Waals surface area contributed by atoms with E-state index in [-0.39, 0.29) is 5.41 Å². The maximum Gasteiger partial charge on any atom is 0.126 e. The Morgan fingerprint density at radius 2 is 2.29 bits per heavy atom. The molecule has 0 amide bonds. The molecule has 0 saturated heterocycles. The maximum atomic E-state index is 11.3. The number of rotatable bonds is 5. The van der Waals surface area contributed by atoms with Crippen LogP contribution in [0.4, 0.5) is 0 Å². The Labute approximate surface area is 86.6 Å². The van der Waals surface area contributed by atoms with E-state index >= 15 is 0 Å². The van der Waals surface area contributed by atoms with Crippen LogP contribution in [0.2, 0.25) is 0 Å². The van der Waals surface area contributed by atoms with Gasteiger partial charge in [0, 0.05) is 5.41 Å². The van der Waals surface area contributed by atoms with Crippen LogP contribution in [0.25, 0.3) is 0 Å². The minimum absolute atomic E-state index is 0.0363. The third kappa shape index (κ3) is 1.53. The molecule has 2 bridgehead atoms. The second kappa shape index (κ2) is 3.88. The molecule has 0 N–H and O–H groups in total. The molecule has 0 spiro atoms. The fraction of sp³-hybridized carbons (Fsp3) is 0.769. The van der Waals surface area contributed by atoms with E-state index < -0.39 is 0 Å². The predicted molar refractivity (Wildman–Crippen MR) is 58.0 cm³/mol. The van der Waals surface area contributed by atoms with Crippen LogP contribution in [0.1, 0.15) is 45.4 Å². The van der Waals surface area contributed by atoms with Gasteiger partial charge in [0.05, 0.1) is 0 Å². The number of hydrogen-bond donors (Lipinski definition) is 0. The van der Waals surface area contributed by atoms with Crippen LogP contribution in [0, 0.1) is 17.3 Å². The first kappa shape index (κ1) is 9.95. The van der Waals surface area contributed by atoms with Crippen molar-refractivity contribution in [3.63, 3.8) is 0 Å². The smallest absolute Gasteiger partial charge is 0.126 e. The van der Waals surface area contributed by atoms with E-state index in [4.69, 9.17) is 0 Å². The number of carbonyl (C=O) groups excluding carboxylic acids is 1. The molecule has 0 aliphatic heterocycles. The third-order valence-corrected chi connectivity index (χ3v) is 4.03. The lowest BCUT2D eigenvalue weighted by atomic mass is 9.73. The van der Waals surface area contributed by atoms with Crippen molar-refractivity contribution in [1.82, 2.24) is 0 Å². The average molecular weight is 192 g/mol. The fourth-order valence-corrected chi connectivity index (χ4v) is 3.18. The highest BCUT2D eigenvalue weighted by Gasteiger charge is 2.47. The Bertz CT molecular complexity index is 244. The van der Waals surface area contributed by atoms with Crippen LogP contribution in [0.5, 0.6) is 0 Å². The molecular formula is C13H20O. The molecule has 0 radical (unpaired) electrons. The van der Waals surface area contributed by atoms with Gasteiger partial charge in [0.1, 0.15) is 6.29 Å². The van der Waals surface area contributed by atoms with Crippen molar-refractivity contribution in [2.24, 2.45) is 17.3 Å². The van der Waals surface area contributed by atoms with E-state index in [0.717, 1.165) is 12.8 Å².